The zero-order valence-electron chi connectivity index (χ0n) is 16.3. The maximum Gasteiger partial charge on any atom is 0.500 e. The maximum atomic E-state index is 13.2. The number of aromatic hydroxyl groups is 1. The fourth-order valence-electron chi connectivity index (χ4n) is 3.19. The van der Waals surface area contributed by atoms with E-state index in [4.69, 9.17) is 13.3 Å². The van der Waals surface area contributed by atoms with Crippen LogP contribution in [0.4, 0.5) is 4.39 Å². The van der Waals surface area contributed by atoms with E-state index in [1.165, 1.54) is 12.1 Å². The summed E-state index contributed by atoms with van der Waals surface area (Å²) in [7, 11) is -2.68. The number of phenolic OH excluding ortho intramolecular Hbond substituents is 1. The van der Waals surface area contributed by atoms with Crippen LogP contribution in [-0.2, 0) is 19.7 Å². The van der Waals surface area contributed by atoms with Gasteiger partial charge in [-0.1, -0.05) is 18.2 Å². The summed E-state index contributed by atoms with van der Waals surface area (Å²) in [5.74, 6) is -0.0428. The van der Waals surface area contributed by atoms with Crippen LogP contribution in [0.5, 0.6) is 5.75 Å². The van der Waals surface area contributed by atoms with Gasteiger partial charge in [-0.25, -0.2) is 4.39 Å². The first-order valence-electron chi connectivity index (χ1n) is 9.53. The second kappa shape index (κ2) is 10.6. The zero-order valence-corrected chi connectivity index (χ0v) is 17.3. The van der Waals surface area contributed by atoms with Crippen LogP contribution in [0.2, 0.25) is 6.04 Å². The first-order valence-corrected chi connectivity index (χ1v) is 11.5. The molecule has 2 aromatic carbocycles. The van der Waals surface area contributed by atoms with Crippen LogP contribution in [0.1, 0.15) is 32.8 Å². The minimum Gasteiger partial charge on any atom is -0.508 e. The second-order valence-corrected chi connectivity index (χ2v) is 8.92. The molecule has 0 aromatic heterocycles. The first kappa shape index (κ1) is 21.6. The number of rotatable bonds is 11. The fraction of sp³-hybridized carbons (Fsp3) is 0.429. The Hall–Kier alpha value is -1.73. The summed E-state index contributed by atoms with van der Waals surface area (Å²) in [6, 6.07) is 12.4. The van der Waals surface area contributed by atoms with Crippen molar-refractivity contribution in [2.75, 3.05) is 19.8 Å². The van der Waals surface area contributed by atoms with E-state index < -0.39 is 8.80 Å². The Morgan fingerprint density at radius 1 is 0.889 bits per heavy atom. The molecule has 0 bridgehead atoms. The SMILES string of the molecule is CCO[Si](CCCc1cc(O)ccc1-c1ccc(F)cc1)(OCC)OCC. The van der Waals surface area contributed by atoms with Gasteiger partial charge in [-0.05, 0) is 74.6 Å². The van der Waals surface area contributed by atoms with Crippen molar-refractivity contribution in [1.82, 2.24) is 0 Å². The molecule has 0 fully saturated rings. The van der Waals surface area contributed by atoms with Gasteiger partial charge < -0.3 is 18.4 Å². The monoisotopic (exact) mass is 392 g/mol. The molecule has 0 aliphatic carbocycles. The molecule has 1 N–H and O–H groups in total. The summed E-state index contributed by atoms with van der Waals surface area (Å²) < 4.78 is 31.0. The molecule has 6 heteroatoms. The third-order valence-corrected chi connectivity index (χ3v) is 7.42. The summed E-state index contributed by atoms with van der Waals surface area (Å²) in [5, 5.41) is 9.92. The molecule has 0 atom stereocenters. The van der Waals surface area contributed by atoms with Crippen LogP contribution in [0.25, 0.3) is 11.1 Å². The van der Waals surface area contributed by atoms with Crippen molar-refractivity contribution in [2.24, 2.45) is 0 Å². The van der Waals surface area contributed by atoms with Crippen LogP contribution in [0, 0.1) is 5.82 Å². The molecule has 2 aromatic rings. The minimum atomic E-state index is -2.68. The Morgan fingerprint density at radius 2 is 1.48 bits per heavy atom. The van der Waals surface area contributed by atoms with Crippen molar-refractivity contribution < 1.29 is 22.8 Å². The van der Waals surface area contributed by atoms with Crippen molar-refractivity contribution >= 4 is 8.80 Å². The lowest BCUT2D eigenvalue weighted by Crippen LogP contribution is -2.46. The Morgan fingerprint density at radius 3 is 2.04 bits per heavy atom. The number of phenols is 1. The highest BCUT2D eigenvalue weighted by molar-refractivity contribution is 6.60. The summed E-state index contributed by atoms with van der Waals surface area (Å²) in [5.41, 5.74) is 2.92. The summed E-state index contributed by atoms with van der Waals surface area (Å²) in [6.45, 7) is 7.50. The lowest BCUT2D eigenvalue weighted by molar-refractivity contribution is 0.0708. The van der Waals surface area contributed by atoms with Crippen molar-refractivity contribution in [2.45, 2.75) is 39.7 Å². The molecule has 0 unspecified atom stereocenters. The number of hydrogen-bond acceptors (Lipinski definition) is 4. The highest BCUT2D eigenvalue weighted by Gasteiger charge is 2.39. The summed E-state index contributed by atoms with van der Waals surface area (Å²) in [4.78, 5) is 0. The predicted octanol–water partition coefficient (Wildman–Crippen LogP) is 5.18. The van der Waals surface area contributed by atoms with E-state index in [0.717, 1.165) is 29.5 Å². The van der Waals surface area contributed by atoms with Crippen molar-refractivity contribution in [1.29, 1.82) is 0 Å². The van der Waals surface area contributed by atoms with E-state index in [0.29, 0.717) is 25.9 Å². The van der Waals surface area contributed by atoms with Crippen LogP contribution in [0.15, 0.2) is 42.5 Å². The Balaban J connectivity index is 2.16. The van der Waals surface area contributed by atoms with Gasteiger partial charge in [0.15, 0.2) is 0 Å². The van der Waals surface area contributed by atoms with E-state index in [2.05, 4.69) is 0 Å². The topological polar surface area (TPSA) is 47.9 Å². The molecule has 0 saturated heterocycles. The molecule has 148 valence electrons. The third-order valence-electron chi connectivity index (χ3n) is 4.27. The molecular weight excluding hydrogens is 363 g/mol. The fourth-order valence-corrected chi connectivity index (χ4v) is 5.81. The highest BCUT2D eigenvalue weighted by Crippen LogP contribution is 2.29. The molecule has 2 rings (SSSR count). The van der Waals surface area contributed by atoms with Crippen LogP contribution in [0.3, 0.4) is 0 Å². The molecule has 0 aliphatic heterocycles. The molecule has 0 saturated carbocycles. The van der Waals surface area contributed by atoms with Gasteiger partial charge in [-0.15, -0.1) is 0 Å². The molecule has 0 amide bonds. The Labute approximate surface area is 162 Å². The minimum absolute atomic E-state index is 0.221. The molecule has 0 aliphatic rings. The number of halogens is 1. The molecular formula is C21H29FO4Si. The molecule has 0 heterocycles. The van der Waals surface area contributed by atoms with Gasteiger partial charge in [0.05, 0.1) is 0 Å². The van der Waals surface area contributed by atoms with Gasteiger partial charge >= 0.3 is 8.80 Å². The van der Waals surface area contributed by atoms with E-state index in [1.807, 2.05) is 26.8 Å². The summed E-state index contributed by atoms with van der Waals surface area (Å²) >= 11 is 0. The van der Waals surface area contributed by atoms with E-state index in [1.54, 1.807) is 24.3 Å². The van der Waals surface area contributed by atoms with E-state index in [-0.39, 0.29) is 11.6 Å². The first-order chi connectivity index (χ1) is 13.0. The molecule has 27 heavy (non-hydrogen) atoms. The van der Waals surface area contributed by atoms with Crippen molar-refractivity contribution in [3.63, 3.8) is 0 Å². The van der Waals surface area contributed by atoms with Gasteiger partial charge in [-0.3, -0.25) is 0 Å². The number of benzene rings is 2. The average Bonchev–Trinajstić information content (AvgIpc) is 2.63. The molecule has 0 radical (unpaired) electrons. The molecule has 4 nitrogen and oxygen atoms in total. The van der Waals surface area contributed by atoms with Crippen molar-refractivity contribution in [3.05, 3.63) is 53.8 Å². The Bertz CT molecular complexity index is 689. The van der Waals surface area contributed by atoms with Crippen LogP contribution >= 0.6 is 0 Å². The Kier molecular flexibility index (Phi) is 8.44. The van der Waals surface area contributed by atoms with E-state index >= 15 is 0 Å². The van der Waals surface area contributed by atoms with Crippen LogP contribution in [-0.4, -0.2) is 33.7 Å². The standard InChI is InChI=1S/C21H29FO4Si/c1-4-24-27(25-5-2,26-6-3)15-7-8-18-16-20(23)13-14-21(18)17-9-11-19(22)12-10-17/h9-14,16,23H,4-8,15H2,1-3H3. The van der Waals surface area contributed by atoms with Crippen molar-refractivity contribution in [3.8, 4) is 16.9 Å². The number of aryl methyl sites for hydroxylation is 1. The summed E-state index contributed by atoms with van der Waals surface area (Å²) in [6.07, 6.45) is 1.55. The second-order valence-electron chi connectivity index (χ2n) is 6.18. The normalized spacial score (nSPS) is 11.7. The lowest BCUT2D eigenvalue weighted by atomic mass is 9.96. The highest BCUT2D eigenvalue weighted by atomic mass is 28.4. The van der Waals surface area contributed by atoms with Crippen LogP contribution < -0.4 is 0 Å². The van der Waals surface area contributed by atoms with Gasteiger partial charge in [-0.2, -0.15) is 0 Å². The third kappa shape index (κ3) is 6.14. The van der Waals surface area contributed by atoms with E-state index in [9.17, 15) is 9.50 Å². The zero-order chi connectivity index (χ0) is 19.7. The number of hydrogen-bond donors (Lipinski definition) is 1. The van der Waals surface area contributed by atoms with Gasteiger partial charge in [0.25, 0.3) is 0 Å². The average molecular weight is 393 g/mol. The molecule has 0 spiro atoms. The maximum absolute atomic E-state index is 13.2. The smallest absolute Gasteiger partial charge is 0.500 e. The van der Waals surface area contributed by atoms with Gasteiger partial charge in [0.2, 0.25) is 0 Å². The lowest BCUT2D eigenvalue weighted by Gasteiger charge is -2.28. The van der Waals surface area contributed by atoms with Gasteiger partial charge in [0, 0.05) is 25.9 Å². The quantitative estimate of drug-likeness (QED) is 0.535. The predicted molar refractivity (Wildman–Crippen MR) is 107 cm³/mol. The largest absolute Gasteiger partial charge is 0.508 e. The van der Waals surface area contributed by atoms with Gasteiger partial charge in [0.1, 0.15) is 11.6 Å².